The molecule has 1 unspecified atom stereocenters. The average Bonchev–Trinajstić information content (AvgIpc) is 2.48. The number of carbonyl (C=O) groups excluding carboxylic acids is 1. The van der Waals surface area contributed by atoms with Crippen LogP contribution in [0.4, 0.5) is 5.69 Å². The molecule has 0 spiro atoms. The lowest BCUT2D eigenvalue weighted by molar-refractivity contribution is -0.144. The standard InChI is InChI=1S/C17H26BrNO2/c1-3-5-6-7-8-9-16(17(20)21-4-2)19-15-12-10-14(18)11-13-15/h10-13,16,19H,3-9H2,1-2H3. The van der Waals surface area contributed by atoms with E-state index in [4.69, 9.17) is 4.74 Å². The summed E-state index contributed by atoms with van der Waals surface area (Å²) in [4.78, 5) is 12.0. The third kappa shape index (κ3) is 7.51. The van der Waals surface area contributed by atoms with Crippen LogP contribution >= 0.6 is 15.9 Å². The smallest absolute Gasteiger partial charge is 0.328 e. The Balaban J connectivity index is 2.51. The van der Waals surface area contributed by atoms with E-state index in [0.717, 1.165) is 23.0 Å². The summed E-state index contributed by atoms with van der Waals surface area (Å²) in [6.45, 7) is 4.47. The van der Waals surface area contributed by atoms with Crippen LogP contribution in [0.3, 0.4) is 0 Å². The molecule has 0 bridgehead atoms. The highest BCUT2D eigenvalue weighted by molar-refractivity contribution is 9.10. The fourth-order valence-electron chi connectivity index (χ4n) is 2.19. The normalized spacial score (nSPS) is 12.0. The van der Waals surface area contributed by atoms with E-state index >= 15 is 0 Å². The van der Waals surface area contributed by atoms with Crippen molar-refractivity contribution < 1.29 is 9.53 Å². The van der Waals surface area contributed by atoms with Crippen molar-refractivity contribution in [1.29, 1.82) is 0 Å². The zero-order valence-corrected chi connectivity index (χ0v) is 14.6. The minimum atomic E-state index is -0.257. The van der Waals surface area contributed by atoms with Crippen LogP contribution in [0.25, 0.3) is 0 Å². The SMILES string of the molecule is CCCCCCCC(Nc1ccc(Br)cc1)C(=O)OCC. The van der Waals surface area contributed by atoms with Crippen LogP contribution in [0.2, 0.25) is 0 Å². The third-order valence-corrected chi connectivity index (χ3v) is 3.88. The largest absolute Gasteiger partial charge is 0.464 e. The molecule has 4 heteroatoms. The van der Waals surface area contributed by atoms with Crippen LogP contribution in [0.15, 0.2) is 28.7 Å². The maximum absolute atomic E-state index is 12.0. The molecule has 0 heterocycles. The van der Waals surface area contributed by atoms with Gasteiger partial charge in [-0.3, -0.25) is 0 Å². The Bertz CT molecular complexity index is 406. The first-order valence-corrected chi connectivity index (χ1v) is 8.65. The summed E-state index contributed by atoms with van der Waals surface area (Å²) in [6, 6.07) is 7.60. The molecule has 1 atom stereocenters. The fourth-order valence-corrected chi connectivity index (χ4v) is 2.46. The topological polar surface area (TPSA) is 38.3 Å². The minimum Gasteiger partial charge on any atom is -0.464 e. The lowest BCUT2D eigenvalue weighted by atomic mass is 10.1. The molecular weight excluding hydrogens is 330 g/mol. The quantitative estimate of drug-likeness (QED) is 0.465. The van der Waals surface area contributed by atoms with Crippen molar-refractivity contribution in [2.45, 2.75) is 58.4 Å². The molecule has 1 aromatic carbocycles. The Morgan fingerprint density at radius 2 is 1.81 bits per heavy atom. The van der Waals surface area contributed by atoms with E-state index in [1.54, 1.807) is 0 Å². The number of unbranched alkanes of at least 4 members (excludes halogenated alkanes) is 4. The summed E-state index contributed by atoms with van der Waals surface area (Å²) in [5.74, 6) is -0.157. The first-order chi connectivity index (χ1) is 10.2. The van der Waals surface area contributed by atoms with E-state index in [0.29, 0.717) is 6.61 Å². The molecule has 0 aliphatic heterocycles. The zero-order chi connectivity index (χ0) is 15.5. The van der Waals surface area contributed by atoms with Crippen molar-refractivity contribution in [2.75, 3.05) is 11.9 Å². The lowest BCUT2D eigenvalue weighted by Gasteiger charge is -2.18. The molecule has 0 amide bonds. The van der Waals surface area contributed by atoms with Gasteiger partial charge in [-0.25, -0.2) is 4.79 Å². The number of nitrogens with one attached hydrogen (secondary N) is 1. The summed E-state index contributed by atoms with van der Waals surface area (Å²) in [5, 5.41) is 3.29. The molecule has 0 fully saturated rings. The van der Waals surface area contributed by atoms with E-state index in [9.17, 15) is 4.79 Å². The second kappa shape index (κ2) is 10.7. The monoisotopic (exact) mass is 355 g/mol. The number of anilines is 1. The number of hydrogen-bond acceptors (Lipinski definition) is 3. The highest BCUT2D eigenvalue weighted by Crippen LogP contribution is 2.17. The van der Waals surface area contributed by atoms with Gasteiger partial charge in [0, 0.05) is 10.2 Å². The van der Waals surface area contributed by atoms with Crippen LogP contribution in [0, 0.1) is 0 Å². The number of esters is 1. The molecule has 0 aliphatic rings. The number of rotatable bonds is 10. The maximum atomic E-state index is 12.0. The predicted molar refractivity (Wildman–Crippen MR) is 91.6 cm³/mol. The van der Waals surface area contributed by atoms with Crippen LogP contribution in [-0.2, 0) is 9.53 Å². The summed E-state index contributed by atoms with van der Waals surface area (Å²) in [7, 11) is 0. The molecule has 0 aromatic heterocycles. The van der Waals surface area contributed by atoms with Gasteiger partial charge in [0.1, 0.15) is 6.04 Å². The number of ether oxygens (including phenoxy) is 1. The molecule has 1 N–H and O–H groups in total. The lowest BCUT2D eigenvalue weighted by Crippen LogP contribution is -2.31. The molecular formula is C17H26BrNO2. The van der Waals surface area contributed by atoms with E-state index < -0.39 is 0 Å². The molecule has 0 saturated heterocycles. The Morgan fingerprint density at radius 1 is 1.14 bits per heavy atom. The summed E-state index contributed by atoms with van der Waals surface area (Å²) in [5.41, 5.74) is 0.949. The van der Waals surface area contributed by atoms with Gasteiger partial charge in [0.2, 0.25) is 0 Å². The molecule has 0 radical (unpaired) electrons. The summed E-state index contributed by atoms with van der Waals surface area (Å²) < 4.78 is 6.20. The first-order valence-electron chi connectivity index (χ1n) is 7.86. The van der Waals surface area contributed by atoms with Crippen LogP contribution < -0.4 is 5.32 Å². The average molecular weight is 356 g/mol. The number of halogens is 1. The number of hydrogen-bond donors (Lipinski definition) is 1. The number of carbonyl (C=O) groups is 1. The number of benzene rings is 1. The fraction of sp³-hybridized carbons (Fsp3) is 0.588. The molecule has 0 aliphatic carbocycles. The first kappa shape index (κ1) is 18.0. The van der Waals surface area contributed by atoms with Gasteiger partial charge in [-0.1, -0.05) is 55.0 Å². The predicted octanol–water partition coefficient (Wildman–Crippen LogP) is 5.15. The molecule has 118 valence electrons. The van der Waals surface area contributed by atoms with E-state index in [1.807, 2.05) is 31.2 Å². The van der Waals surface area contributed by atoms with Gasteiger partial charge in [0.05, 0.1) is 6.61 Å². The highest BCUT2D eigenvalue weighted by atomic mass is 79.9. The van der Waals surface area contributed by atoms with Crippen LogP contribution in [-0.4, -0.2) is 18.6 Å². The second-order valence-corrected chi connectivity index (χ2v) is 6.07. The van der Waals surface area contributed by atoms with Gasteiger partial charge in [0.15, 0.2) is 0 Å². The van der Waals surface area contributed by atoms with Gasteiger partial charge in [-0.15, -0.1) is 0 Å². The van der Waals surface area contributed by atoms with Crippen molar-refractivity contribution in [2.24, 2.45) is 0 Å². The Kier molecular flexibility index (Phi) is 9.15. The summed E-state index contributed by atoms with van der Waals surface area (Å²) >= 11 is 3.41. The molecule has 21 heavy (non-hydrogen) atoms. The Morgan fingerprint density at radius 3 is 2.43 bits per heavy atom. The zero-order valence-electron chi connectivity index (χ0n) is 13.0. The Labute approximate surface area is 136 Å². The molecule has 1 rings (SSSR count). The molecule has 1 aromatic rings. The molecule has 3 nitrogen and oxygen atoms in total. The highest BCUT2D eigenvalue weighted by Gasteiger charge is 2.19. The van der Waals surface area contributed by atoms with Crippen molar-refractivity contribution in [3.05, 3.63) is 28.7 Å². The summed E-state index contributed by atoms with van der Waals surface area (Å²) in [6.07, 6.45) is 6.78. The second-order valence-electron chi connectivity index (χ2n) is 5.16. The van der Waals surface area contributed by atoms with E-state index in [1.165, 1.54) is 25.7 Å². The third-order valence-electron chi connectivity index (χ3n) is 3.35. The van der Waals surface area contributed by atoms with Gasteiger partial charge in [-0.05, 0) is 37.6 Å². The van der Waals surface area contributed by atoms with Gasteiger partial charge in [-0.2, -0.15) is 0 Å². The van der Waals surface area contributed by atoms with E-state index in [2.05, 4.69) is 28.2 Å². The van der Waals surface area contributed by atoms with Gasteiger partial charge in [0.25, 0.3) is 0 Å². The maximum Gasteiger partial charge on any atom is 0.328 e. The van der Waals surface area contributed by atoms with Crippen LogP contribution in [0.1, 0.15) is 52.4 Å². The van der Waals surface area contributed by atoms with Crippen molar-refractivity contribution in [3.63, 3.8) is 0 Å². The van der Waals surface area contributed by atoms with Gasteiger partial charge < -0.3 is 10.1 Å². The van der Waals surface area contributed by atoms with Crippen molar-refractivity contribution in [3.8, 4) is 0 Å². The molecule has 0 saturated carbocycles. The minimum absolute atomic E-state index is 0.157. The van der Waals surface area contributed by atoms with Crippen LogP contribution in [0.5, 0.6) is 0 Å². The van der Waals surface area contributed by atoms with Crippen molar-refractivity contribution in [1.82, 2.24) is 0 Å². The Hall–Kier alpha value is -1.03. The van der Waals surface area contributed by atoms with Crippen molar-refractivity contribution >= 4 is 27.6 Å². The van der Waals surface area contributed by atoms with E-state index in [-0.39, 0.29) is 12.0 Å². The van der Waals surface area contributed by atoms with Gasteiger partial charge >= 0.3 is 5.97 Å².